The number of hydrogen-bond acceptors (Lipinski definition) is 7. The summed E-state index contributed by atoms with van der Waals surface area (Å²) in [6.45, 7) is 7.76. The van der Waals surface area contributed by atoms with E-state index in [1.165, 1.54) is 11.5 Å². The van der Waals surface area contributed by atoms with Crippen molar-refractivity contribution < 1.29 is 14.4 Å². The van der Waals surface area contributed by atoms with Crippen molar-refractivity contribution in [2.45, 2.75) is 84.5 Å². The molecule has 1 aromatic heterocycles. The molecule has 0 unspecified atom stereocenters. The first-order chi connectivity index (χ1) is 17.6. The number of nitrogens with one attached hydrogen (secondary N) is 4. The maximum Gasteiger partial charge on any atom is 0.243 e. The van der Waals surface area contributed by atoms with Gasteiger partial charge in [0, 0.05) is 5.56 Å². The van der Waals surface area contributed by atoms with Crippen molar-refractivity contribution >= 4 is 29.3 Å². The van der Waals surface area contributed by atoms with Gasteiger partial charge in [-0.05, 0) is 49.7 Å². The second-order valence-corrected chi connectivity index (χ2v) is 11.7. The molecule has 0 bridgehead atoms. The third-order valence-corrected chi connectivity index (χ3v) is 7.69. The number of aromatic nitrogens is 2. The molecule has 0 spiro atoms. The number of carbonyl (C=O) groups excluding carboxylic acids is 3. The lowest BCUT2D eigenvalue weighted by Gasteiger charge is -2.35. The molecule has 1 heterocycles. The smallest absolute Gasteiger partial charge is 0.243 e. The van der Waals surface area contributed by atoms with E-state index in [9.17, 15) is 14.4 Å². The van der Waals surface area contributed by atoms with E-state index in [1.54, 1.807) is 14.0 Å². The van der Waals surface area contributed by atoms with Crippen molar-refractivity contribution in [2.75, 3.05) is 7.05 Å². The summed E-state index contributed by atoms with van der Waals surface area (Å²) < 4.78 is 4.07. The highest BCUT2D eigenvalue weighted by Gasteiger charge is 2.38. The van der Waals surface area contributed by atoms with Gasteiger partial charge in [-0.15, -0.1) is 5.10 Å². The molecule has 202 valence electrons. The molecule has 1 saturated carbocycles. The van der Waals surface area contributed by atoms with Crippen molar-refractivity contribution in [3.63, 3.8) is 0 Å². The molecule has 10 heteroatoms. The zero-order valence-corrected chi connectivity index (χ0v) is 23.3. The summed E-state index contributed by atoms with van der Waals surface area (Å²) in [6.07, 6.45) is 4.94. The molecule has 0 aliphatic heterocycles. The van der Waals surface area contributed by atoms with Crippen LogP contribution >= 0.6 is 11.5 Å². The summed E-state index contributed by atoms with van der Waals surface area (Å²) in [6, 6.07) is 7.81. The quantitative estimate of drug-likeness (QED) is 0.376. The lowest BCUT2D eigenvalue weighted by molar-refractivity contribution is -0.135. The third kappa shape index (κ3) is 7.82. The van der Waals surface area contributed by atoms with Crippen LogP contribution in [0.2, 0.25) is 0 Å². The van der Waals surface area contributed by atoms with Gasteiger partial charge in [0.2, 0.25) is 17.7 Å². The molecule has 4 N–H and O–H groups in total. The predicted octanol–water partition coefficient (Wildman–Crippen LogP) is 3.03. The summed E-state index contributed by atoms with van der Waals surface area (Å²) in [4.78, 5) is 40.5. The maximum atomic E-state index is 13.6. The Kier molecular flexibility index (Phi) is 10.2. The van der Waals surface area contributed by atoms with Crippen LogP contribution in [0.3, 0.4) is 0 Å². The Labute approximate surface area is 223 Å². The Balaban J connectivity index is 1.73. The highest BCUT2D eigenvalue weighted by Crippen LogP contribution is 2.28. The molecule has 1 fully saturated rings. The van der Waals surface area contributed by atoms with Gasteiger partial charge in [-0.25, -0.2) is 0 Å². The Hall–Kier alpha value is -2.85. The van der Waals surface area contributed by atoms with Crippen molar-refractivity contribution in [3.05, 3.63) is 35.2 Å². The van der Waals surface area contributed by atoms with Gasteiger partial charge in [0.15, 0.2) is 0 Å². The van der Waals surface area contributed by atoms with Crippen LogP contribution in [-0.2, 0) is 20.9 Å². The third-order valence-electron chi connectivity index (χ3n) is 6.97. The van der Waals surface area contributed by atoms with Crippen LogP contribution in [0.1, 0.15) is 64.7 Å². The molecule has 2 aromatic rings. The van der Waals surface area contributed by atoms with Crippen LogP contribution in [-0.4, -0.2) is 52.5 Å². The van der Waals surface area contributed by atoms with E-state index in [0.717, 1.165) is 48.2 Å². The molecule has 3 rings (SSSR count). The van der Waals surface area contributed by atoms with Crippen LogP contribution in [0, 0.1) is 11.3 Å². The standard InChI is InChI=1S/C27H40N6O3S/c1-17(28-5)24(34)30-22(19-14-10-7-11-15-19)25(35)31-23(27(2,3)4)26(36)29-16-20-21(32-33-37-20)18-12-8-6-9-13-18/h6,8-9,12-13,17,19,22-23,28H,7,10-11,14-16H2,1-5H3,(H,29,36)(H,30,34)(H,31,35)/t17-,22-,23+/m0/s1. The van der Waals surface area contributed by atoms with E-state index >= 15 is 0 Å². The number of carbonyl (C=O) groups is 3. The molecule has 1 aromatic carbocycles. The number of hydrogen-bond donors (Lipinski definition) is 4. The summed E-state index contributed by atoms with van der Waals surface area (Å²) >= 11 is 1.24. The summed E-state index contributed by atoms with van der Waals surface area (Å²) in [5, 5.41) is 16.1. The number of likely N-dealkylation sites (N-methyl/N-ethyl adjacent to an activating group) is 1. The van der Waals surface area contributed by atoms with Gasteiger partial charge in [0.1, 0.15) is 17.8 Å². The topological polar surface area (TPSA) is 125 Å². The van der Waals surface area contributed by atoms with Gasteiger partial charge in [-0.1, -0.05) is 74.9 Å². The van der Waals surface area contributed by atoms with Gasteiger partial charge in [-0.2, -0.15) is 0 Å². The van der Waals surface area contributed by atoms with E-state index in [-0.39, 0.29) is 30.2 Å². The molecule has 0 saturated heterocycles. The summed E-state index contributed by atoms with van der Waals surface area (Å²) in [5.74, 6) is -0.785. The van der Waals surface area contributed by atoms with Crippen molar-refractivity contribution in [1.29, 1.82) is 0 Å². The van der Waals surface area contributed by atoms with Crippen molar-refractivity contribution in [1.82, 2.24) is 30.9 Å². The first-order valence-electron chi connectivity index (χ1n) is 13.0. The highest BCUT2D eigenvalue weighted by molar-refractivity contribution is 7.06. The van der Waals surface area contributed by atoms with Crippen LogP contribution in [0.4, 0.5) is 0 Å². The lowest BCUT2D eigenvalue weighted by atomic mass is 9.82. The normalized spacial score (nSPS) is 16.9. The molecule has 37 heavy (non-hydrogen) atoms. The minimum absolute atomic E-state index is 0.0436. The Morgan fingerprint density at radius 2 is 1.68 bits per heavy atom. The summed E-state index contributed by atoms with van der Waals surface area (Å²) in [5.41, 5.74) is 1.12. The second kappa shape index (κ2) is 13.1. The van der Waals surface area contributed by atoms with Gasteiger partial charge < -0.3 is 21.3 Å². The molecule has 1 aliphatic carbocycles. The van der Waals surface area contributed by atoms with Gasteiger partial charge in [-0.3, -0.25) is 14.4 Å². The first-order valence-corrected chi connectivity index (χ1v) is 13.8. The molecular weight excluding hydrogens is 488 g/mol. The molecule has 0 radical (unpaired) electrons. The number of benzene rings is 1. The van der Waals surface area contributed by atoms with E-state index in [2.05, 4.69) is 30.9 Å². The molecule has 3 atom stereocenters. The second-order valence-electron chi connectivity index (χ2n) is 10.8. The van der Waals surface area contributed by atoms with Gasteiger partial charge in [0.25, 0.3) is 0 Å². The zero-order chi connectivity index (χ0) is 27.0. The Morgan fingerprint density at radius 1 is 1.00 bits per heavy atom. The molecule has 9 nitrogen and oxygen atoms in total. The van der Waals surface area contributed by atoms with Crippen LogP contribution < -0.4 is 21.3 Å². The van der Waals surface area contributed by atoms with E-state index in [1.807, 2.05) is 51.1 Å². The fourth-order valence-corrected chi connectivity index (χ4v) is 5.19. The van der Waals surface area contributed by atoms with E-state index in [4.69, 9.17) is 0 Å². The van der Waals surface area contributed by atoms with E-state index in [0.29, 0.717) is 0 Å². The van der Waals surface area contributed by atoms with Crippen LogP contribution in [0.15, 0.2) is 30.3 Å². The summed E-state index contributed by atoms with van der Waals surface area (Å²) in [7, 11) is 1.71. The lowest BCUT2D eigenvalue weighted by Crippen LogP contribution is -2.60. The number of amides is 3. The monoisotopic (exact) mass is 528 g/mol. The average molecular weight is 529 g/mol. The minimum Gasteiger partial charge on any atom is -0.349 e. The van der Waals surface area contributed by atoms with Crippen molar-refractivity contribution in [3.8, 4) is 11.3 Å². The molecule has 3 amide bonds. The largest absolute Gasteiger partial charge is 0.349 e. The average Bonchev–Trinajstić information content (AvgIpc) is 3.37. The first kappa shape index (κ1) is 28.7. The molecule has 1 aliphatic rings. The van der Waals surface area contributed by atoms with Crippen LogP contribution in [0.5, 0.6) is 0 Å². The Morgan fingerprint density at radius 3 is 2.30 bits per heavy atom. The Bertz CT molecular complexity index is 1050. The predicted molar refractivity (Wildman–Crippen MR) is 146 cm³/mol. The fourth-order valence-electron chi connectivity index (χ4n) is 4.59. The fraction of sp³-hybridized carbons (Fsp3) is 0.593. The SMILES string of the molecule is CN[C@@H](C)C(=O)N[C@H](C(=O)N[C@H](C(=O)NCc1snnc1-c1ccccc1)C(C)(C)C)C1CCCCC1. The van der Waals surface area contributed by atoms with Crippen molar-refractivity contribution in [2.24, 2.45) is 11.3 Å². The number of rotatable bonds is 10. The van der Waals surface area contributed by atoms with Gasteiger partial charge in [0.05, 0.1) is 17.5 Å². The number of nitrogens with zero attached hydrogens (tertiary/aromatic N) is 2. The zero-order valence-electron chi connectivity index (χ0n) is 22.5. The minimum atomic E-state index is -0.786. The van der Waals surface area contributed by atoms with Gasteiger partial charge >= 0.3 is 0 Å². The maximum absolute atomic E-state index is 13.6. The van der Waals surface area contributed by atoms with E-state index < -0.39 is 23.5 Å². The molecular formula is C27H40N6O3S. The van der Waals surface area contributed by atoms with Crippen LogP contribution in [0.25, 0.3) is 11.3 Å². The highest BCUT2D eigenvalue weighted by atomic mass is 32.1.